The molecule has 31 heavy (non-hydrogen) atoms. The third kappa shape index (κ3) is 3.93. The first-order valence-corrected chi connectivity index (χ1v) is 10.5. The van der Waals surface area contributed by atoms with Crippen molar-refractivity contribution in [2.45, 2.75) is 39.8 Å². The second-order valence-electron chi connectivity index (χ2n) is 9.54. The number of hydrogen-bond acceptors (Lipinski definition) is 3. The molecule has 5 heteroatoms. The molecule has 0 saturated heterocycles. The van der Waals surface area contributed by atoms with Gasteiger partial charge in [-0.05, 0) is 42.2 Å². The predicted octanol–water partition coefficient (Wildman–Crippen LogP) is 4.70. The molecule has 0 aliphatic heterocycles. The zero-order valence-corrected chi connectivity index (χ0v) is 18.8. The molecule has 1 atom stereocenters. The number of benzene rings is 2. The molecule has 0 amide bonds. The molecule has 0 spiro atoms. The summed E-state index contributed by atoms with van der Waals surface area (Å²) in [5, 5.41) is 11.2. The van der Waals surface area contributed by atoms with Crippen LogP contribution in [0, 0.1) is 5.41 Å². The maximum absolute atomic E-state index is 12.8. The normalized spacial score (nSPS) is 14.0. The number of imidazole rings is 1. The van der Waals surface area contributed by atoms with Crippen LogP contribution in [0.4, 0.5) is 0 Å². The molecule has 4 rings (SSSR count). The van der Waals surface area contributed by atoms with Crippen LogP contribution in [-0.4, -0.2) is 19.2 Å². The Labute approximate surface area is 182 Å². The van der Waals surface area contributed by atoms with Crippen molar-refractivity contribution in [3.05, 3.63) is 88.5 Å². The van der Waals surface area contributed by atoms with Crippen molar-refractivity contribution in [3.8, 4) is 11.3 Å². The molecular formula is C26H29N3O2. The topological polar surface area (TPSA) is 60.0 Å². The molecule has 0 fully saturated rings. The maximum atomic E-state index is 12.8. The van der Waals surface area contributed by atoms with E-state index in [1.54, 1.807) is 18.5 Å². The number of fused-ring (bicyclic) bond motifs is 1. The fraction of sp³-hybridized carbons (Fsp3) is 0.308. The zero-order chi connectivity index (χ0) is 22.4. The van der Waals surface area contributed by atoms with E-state index in [0.717, 1.165) is 27.9 Å². The van der Waals surface area contributed by atoms with Gasteiger partial charge in [0.1, 0.15) is 5.60 Å². The Kier molecular flexibility index (Phi) is 5.10. The van der Waals surface area contributed by atoms with E-state index in [4.69, 9.17) is 4.98 Å². The molecule has 1 unspecified atom stereocenters. The van der Waals surface area contributed by atoms with Crippen LogP contribution in [0.2, 0.25) is 0 Å². The molecule has 5 nitrogen and oxygen atoms in total. The standard InChI is InChI=1S/C26H29N3O2/c1-25(2,3)17-29-21-15-14-18(16-22(21)28(5)24(29)30)20-12-9-13-23(27-20)26(4,31)19-10-7-6-8-11-19/h6-16,31H,17H2,1-5H3. The van der Waals surface area contributed by atoms with Crippen LogP contribution in [0.5, 0.6) is 0 Å². The van der Waals surface area contributed by atoms with Crippen molar-refractivity contribution < 1.29 is 5.11 Å². The Balaban J connectivity index is 1.79. The molecule has 0 radical (unpaired) electrons. The van der Waals surface area contributed by atoms with Crippen LogP contribution >= 0.6 is 0 Å². The Morgan fingerprint density at radius 2 is 1.61 bits per heavy atom. The quantitative estimate of drug-likeness (QED) is 0.525. The smallest absolute Gasteiger partial charge is 0.328 e. The van der Waals surface area contributed by atoms with Gasteiger partial charge in [-0.25, -0.2) is 9.78 Å². The summed E-state index contributed by atoms with van der Waals surface area (Å²) in [6.45, 7) is 8.78. The largest absolute Gasteiger partial charge is 0.379 e. The maximum Gasteiger partial charge on any atom is 0.328 e. The van der Waals surface area contributed by atoms with Gasteiger partial charge in [0.25, 0.3) is 0 Å². The highest BCUT2D eigenvalue weighted by atomic mass is 16.3. The number of hydrogen-bond donors (Lipinski definition) is 1. The van der Waals surface area contributed by atoms with E-state index >= 15 is 0 Å². The highest BCUT2D eigenvalue weighted by Crippen LogP contribution is 2.30. The fourth-order valence-electron chi connectivity index (χ4n) is 3.97. The van der Waals surface area contributed by atoms with Crippen LogP contribution in [0.1, 0.15) is 39.0 Å². The third-order valence-electron chi connectivity index (χ3n) is 5.66. The molecule has 2 aromatic carbocycles. The van der Waals surface area contributed by atoms with Gasteiger partial charge in [-0.3, -0.25) is 9.13 Å². The van der Waals surface area contributed by atoms with Crippen molar-refractivity contribution >= 4 is 11.0 Å². The van der Waals surface area contributed by atoms with Crippen LogP contribution < -0.4 is 5.69 Å². The number of nitrogens with zero attached hydrogens (tertiary/aromatic N) is 3. The minimum atomic E-state index is -1.20. The fourth-order valence-corrected chi connectivity index (χ4v) is 3.97. The first-order chi connectivity index (χ1) is 14.6. The van der Waals surface area contributed by atoms with Crippen LogP contribution in [0.15, 0.2) is 71.5 Å². The van der Waals surface area contributed by atoms with E-state index in [2.05, 4.69) is 20.8 Å². The van der Waals surface area contributed by atoms with Gasteiger partial charge in [0.05, 0.1) is 22.4 Å². The molecule has 0 aliphatic rings. The average Bonchev–Trinajstić information content (AvgIpc) is 2.97. The summed E-state index contributed by atoms with van der Waals surface area (Å²) in [6.07, 6.45) is 0. The zero-order valence-electron chi connectivity index (χ0n) is 18.8. The third-order valence-corrected chi connectivity index (χ3v) is 5.66. The lowest BCUT2D eigenvalue weighted by atomic mass is 9.92. The molecule has 1 N–H and O–H groups in total. The lowest BCUT2D eigenvalue weighted by Crippen LogP contribution is -2.27. The summed E-state index contributed by atoms with van der Waals surface area (Å²) < 4.78 is 3.53. The summed E-state index contributed by atoms with van der Waals surface area (Å²) in [6, 6.07) is 21.2. The summed E-state index contributed by atoms with van der Waals surface area (Å²) in [5.74, 6) is 0. The van der Waals surface area contributed by atoms with E-state index in [0.29, 0.717) is 12.2 Å². The van der Waals surface area contributed by atoms with E-state index in [1.165, 1.54) is 0 Å². The van der Waals surface area contributed by atoms with Crippen molar-refractivity contribution in [2.75, 3.05) is 0 Å². The van der Waals surface area contributed by atoms with Crippen molar-refractivity contribution in [3.63, 3.8) is 0 Å². The average molecular weight is 416 g/mol. The molecule has 0 aliphatic carbocycles. The molecule has 4 aromatic rings. The van der Waals surface area contributed by atoms with Gasteiger partial charge in [-0.2, -0.15) is 0 Å². The molecular weight excluding hydrogens is 386 g/mol. The molecule has 160 valence electrons. The number of aliphatic hydroxyl groups is 1. The second kappa shape index (κ2) is 7.50. The van der Waals surface area contributed by atoms with E-state index < -0.39 is 5.60 Å². The number of aromatic nitrogens is 3. The van der Waals surface area contributed by atoms with Gasteiger partial charge < -0.3 is 5.11 Å². The van der Waals surface area contributed by atoms with Crippen molar-refractivity contribution in [1.82, 2.24) is 14.1 Å². The monoisotopic (exact) mass is 415 g/mol. The summed E-state index contributed by atoms with van der Waals surface area (Å²) in [4.78, 5) is 17.6. The van der Waals surface area contributed by atoms with Crippen LogP contribution in [0.25, 0.3) is 22.3 Å². The summed E-state index contributed by atoms with van der Waals surface area (Å²) in [7, 11) is 1.80. The summed E-state index contributed by atoms with van der Waals surface area (Å²) in [5.41, 5.74) is 3.59. The van der Waals surface area contributed by atoms with Gasteiger partial charge >= 0.3 is 5.69 Å². The minimum Gasteiger partial charge on any atom is -0.379 e. The van der Waals surface area contributed by atoms with Crippen molar-refractivity contribution in [1.29, 1.82) is 0 Å². The molecule has 2 aromatic heterocycles. The Morgan fingerprint density at radius 1 is 0.903 bits per heavy atom. The van der Waals surface area contributed by atoms with E-state index in [1.807, 2.05) is 71.3 Å². The molecule has 0 bridgehead atoms. The Hall–Kier alpha value is -3.18. The number of aryl methyl sites for hydroxylation is 1. The first kappa shape index (κ1) is 21.1. The SMILES string of the molecule is Cn1c(=O)n(CC(C)(C)C)c2ccc(-c3cccc(C(C)(O)c4ccccc4)n3)cc21. The molecule has 0 saturated carbocycles. The molecule has 2 heterocycles. The van der Waals surface area contributed by atoms with Crippen LogP contribution in [-0.2, 0) is 19.2 Å². The highest BCUT2D eigenvalue weighted by molar-refractivity contribution is 5.82. The second-order valence-corrected chi connectivity index (χ2v) is 9.54. The van der Waals surface area contributed by atoms with E-state index in [-0.39, 0.29) is 11.1 Å². The summed E-state index contributed by atoms with van der Waals surface area (Å²) >= 11 is 0. The minimum absolute atomic E-state index is 0.00428. The predicted molar refractivity (Wildman–Crippen MR) is 125 cm³/mol. The van der Waals surface area contributed by atoms with Gasteiger partial charge in [-0.15, -0.1) is 0 Å². The van der Waals surface area contributed by atoms with Crippen LogP contribution in [0.3, 0.4) is 0 Å². The van der Waals surface area contributed by atoms with Gasteiger partial charge in [0.2, 0.25) is 0 Å². The highest BCUT2D eigenvalue weighted by Gasteiger charge is 2.27. The van der Waals surface area contributed by atoms with E-state index in [9.17, 15) is 9.90 Å². The van der Waals surface area contributed by atoms with Gasteiger partial charge in [-0.1, -0.05) is 63.2 Å². The number of pyridine rings is 1. The number of rotatable bonds is 4. The Bertz CT molecular complexity index is 1290. The van der Waals surface area contributed by atoms with Gasteiger partial charge in [0.15, 0.2) is 0 Å². The Morgan fingerprint density at radius 3 is 2.29 bits per heavy atom. The van der Waals surface area contributed by atoms with Gasteiger partial charge in [0, 0.05) is 19.2 Å². The first-order valence-electron chi connectivity index (χ1n) is 10.5. The lowest BCUT2D eigenvalue weighted by molar-refractivity contribution is 0.0975. The van der Waals surface area contributed by atoms with Crippen molar-refractivity contribution in [2.24, 2.45) is 12.5 Å². The lowest BCUT2D eigenvalue weighted by Gasteiger charge is -2.23.